The third-order valence-corrected chi connectivity index (χ3v) is 2.17. The van der Waals surface area contributed by atoms with Gasteiger partial charge in [0.25, 0.3) is 6.43 Å². The van der Waals surface area contributed by atoms with Gasteiger partial charge in [0.1, 0.15) is 22.6 Å². The third-order valence-electron chi connectivity index (χ3n) is 2.17. The number of ether oxygens (including phenoxy) is 2. The van der Waals surface area contributed by atoms with Crippen LogP contribution in [0.2, 0.25) is 0 Å². The lowest BCUT2D eigenvalue weighted by molar-refractivity contribution is -0.139. The average Bonchev–Trinajstić information content (AvgIpc) is 2.34. The molecule has 4 nitrogen and oxygen atoms in total. The molecular weight excluding hydrogens is 277 g/mol. The van der Waals surface area contributed by atoms with Gasteiger partial charge in [0.05, 0.1) is 14.2 Å². The smallest absolute Gasteiger partial charge is 0.421 e. The molecule has 0 aliphatic rings. The van der Waals surface area contributed by atoms with Crippen molar-refractivity contribution in [3.8, 4) is 5.75 Å². The number of methoxy groups -OCH3 is 2. The number of rotatable bonds is 3. The summed E-state index contributed by atoms with van der Waals surface area (Å²) in [6.07, 6.45) is -7.96. The minimum Gasteiger partial charge on any atom is -0.495 e. The van der Waals surface area contributed by atoms with Crippen molar-refractivity contribution in [2.75, 3.05) is 14.2 Å². The van der Waals surface area contributed by atoms with Gasteiger partial charge in [-0.15, -0.1) is 0 Å². The van der Waals surface area contributed by atoms with E-state index < -0.39 is 41.1 Å². The second-order valence-electron chi connectivity index (χ2n) is 3.26. The van der Waals surface area contributed by atoms with Crippen LogP contribution in [0.1, 0.15) is 28.0 Å². The van der Waals surface area contributed by atoms with Crippen molar-refractivity contribution >= 4 is 5.97 Å². The maximum Gasteiger partial charge on any atom is 0.421 e. The first-order valence-electron chi connectivity index (χ1n) is 4.74. The molecule has 1 rings (SSSR count). The number of carbonyl (C=O) groups excluding carboxylic acids is 1. The van der Waals surface area contributed by atoms with Crippen molar-refractivity contribution in [1.82, 2.24) is 4.98 Å². The van der Waals surface area contributed by atoms with Gasteiger partial charge in [-0.25, -0.2) is 13.6 Å². The van der Waals surface area contributed by atoms with Gasteiger partial charge in [-0.1, -0.05) is 0 Å². The number of alkyl halides is 5. The van der Waals surface area contributed by atoms with Gasteiger partial charge in [-0.2, -0.15) is 13.2 Å². The van der Waals surface area contributed by atoms with E-state index in [0.717, 1.165) is 14.2 Å². The van der Waals surface area contributed by atoms with Crippen LogP contribution in [0.25, 0.3) is 0 Å². The summed E-state index contributed by atoms with van der Waals surface area (Å²) in [6.45, 7) is 0. The number of carbonyl (C=O) groups is 1. The highest BCUT2D eigenvalue weighted by Crippen LogP contribution is 2.40. The Hall–Kier alpha value is -1.93. The summed E-state index contributed by atoms with van der Waals surface area (Å²) in [5.41, 5.74) is -3.59. The van der Waals surface area contributed by atoms with Gasteiger partial charge >= 0.3 is 12.1 Å². The van der Waals surface area contributed by atoms with Crippen molar-refractivity contribution in [2.45, 2.75) is 12.6 Å². The van der Waals surface area contributed by atoms with Crippen molar-refractivity contribution in [1.29, 1.82) is 0 Å². The SMILES string of the molecule is COC(=O)c1c(C(F)F)ncc(C(F)(F)F)c1OC. The second kappa shape index (κ2) is 5.37. The molecule has 0 amide bonds. The second-order valence-corrected chi connectivity index (χ2v) is 3.26. The molecule has 0 aliphatic heterocycles. The largest absolute Gasteiger partial charge is 0.495 e. The molecule has 0 aromatic carbocycles. The molecule has 1 heterocycles. The number of aromatic nitrogens is 1. The van der Waals surface area contributed by atoms with E-state index >= 15 is 0 Å². The number of halogens is 5. The molecule has 0 radical (unpaired) electrons. The maximum absolute atomic E-state index is 12.7. The van der Waals surface area contributed by atoms with E-state index in [9.17, 15) is 26.7 Å². The van der Waals surface area contributed by atoms with E-state index in [2.05, 4.69) is 14.5 Å². The van der Waals surface area contributed by atoms with Gasteiger partial charge in [0.2, 0.25) is 0 Å². The minimum absolute atomic E-state index is 0.187. The molecule has 106 valence electrons. The molecule has 0 spiro atoms. The Morgan fingerprint density at radius 2 is 1.89 bits per heavy atom. The Kier molecular flexibility index (Phi) is 4.28. The first-order valence-corrected chi connectivity index (χ1v) is 4.74. The molecule has 1 aromatic rings. The molecule has 9 heteroatoms. The van der Waals surface area contributed by atoms with Crippen LogP contribution in [-0.4, -0.2) is 25.2 Å². The molecule has 0 atom stereocenters. The number of nitrogens with zero attached hydrogens (tertiary/aromatic N) is 1. The number of pyridine rings is 1. The molecule has 0 bridgehead atoms. The third kappa shape index (κ3) is 2.91. The van der Waals surface area contributed by atoms with Crippen molar-refractivity contribution in [2.24, 2.45) is 0 Å². The van der Waals surface area contributed by atoms with E-state index in [4.69, 9.17) is 0 Å². The highest BCUT2D eigenvalue weighted by molar-refractivity contribution is 5.94. The fraction of sp³-hybridized carbons (Fsp3) is 0.400. The summed E-state index contributed by atoms with van der Waals surface area (Å²) < 4.78 is 71.9. The summed E-state index contributed by atoms with van der Waals surface area (Å²) in [5.74, 6) is -2.42. The first kappa shape index (κ1) is 15.1. The molecule has 0 unspecified atom stereocenters. The summed E-state index contributed by atoms with van der Waals surface area (Å²) in [4.78, 5) is 14.3. The predicted octanol–water partition coefficient (Wildman–Crippen LogP) is 2.83. The zero-order valence-electron chi connectivity index (χ0n) is 9.72. The molecule has 0 saturated carbocycles. The quantitative estimate of drug-likeness (QED) is 0.633. The van der Waals surface area contributed by atoms with Crippen LogP contribution in [0, 0.1) is 0 Å². The van der Waals surface area contributed by atoms with E-state index in [0.29, 0.717) is 0 Å². The number of hydrogen-bond acceptors (Lipinski definition) is 4. The predicted molar refractivity (Wildman–Crippen MR) is 52.1 cm³/mol. The highest BCUT2D eigenvalue weighted by Gasteiger charge is 2.39. The van der Waals surface area contributed by atoms with Gasteiger partial charge < -0.3 is 9.47 Å². The lowest BCUT2D eigenvalue weighted by Gasteiger charge is -2.16. The van der Waals surface area contributed by atoms with Crippen LogP contribution in [-0.2, 0) is 10.9 Å². The van der Waals surface area contributed by atoms with Crippen LogP contribution in [0.15, 0.2) is 6.20 Å². The van der Waals surface area contributed by atoms with Crippen LogP contribution >= 0.6 is 0 Å². The lowest BCUT2D eigenvalue weighted by atomic mass is 10.1. The lowest BCUT2D eigenvalue weighted by Crippen LogP contribution is -2.16. The normalized spacial score (nSPS) is 11.6. The van der Waals surface area contributed by atoms with Gasteiger partial charge in [-0.05, 0) is 0 Å². The van der Waals surface area contributed by atoms with Gasteiger partial charge in [-0.3, -0.25) is 4.98 Å². The standard InChI is InChI=1S/C10H8F5NO3/c1-18-7-4(10(13,14)15)3-16-6(8(11)12)5(7)9(17)19-2/h3,8H,1-2H3. The first-order chi connectivity index (χ1) is 8.73. The fourth-order valence-corrected chi connectivity index (χ4v) is 1.39. The van der Waals surface area contributed by atoms with E-state index in [1.54, 1.807) is 0 Å². The molecule has 0 aliphatic carbocycles. The molecule has 19 heavy (non-hydrogen) atoms. The maximum atomic E-state index is 12.7. The number of esters is 1. The molecule has 1 aromatic heterocycles. The van der Waals surface area contributed by atoms with Crippen molar-refractivity contribution < 1.29 is 36.2 Å². The van der Waals surface area contributed by atoms with Gasteiger partial charge in [0.15, 0.2) is 0 Å². The Balaban J connectivity index is 3.64. The Morgan fingerprint density at radius 3 is 2.26 bits per heavy atom. The Bertz CT molecular complexity index is 487. The summed E-state index contributed by atoms with van der Waals surface area (Å²) in [7, 11) is 1.67. The van der Waals surface area contributed by atoms with Gasteiger partial charge in [0, 0.05) is 6.20 Å². The fourth-order valence-electron chi connectivity index (χ4n) is 1.39. The molecular formula is C10H8F5NO3. The Morgan fingerprint density at radius 1 is 1.32 bits per heavy atom. The average molecular weight is 285 g/mol. The monoisotopic (exact) mass is 285 g/mol. The Labute approximate surface area is 104 Å². The zero-order chi connectivity index (χ0) is 14.8. The van der Waals surface area contributed by atoms with Crippen LogP contribution < -0.4 is 4.74 Å². The minimum atomic E-state index is -4.90. The molecule has 0 N–H and O–H groups in total. The van der Waals surface area contributed by atoms with Crippen molar-refractivity contribution in [3.05, 3.63) is 23.0 Å². The zero-order valence-corrected chi connectivity index (χ0v) is 9.72. The van der Waals surface area contributed by atoms with E-state index in [1.165, 1.54) is 0 Å². The van der Waals surface area contributed by atoms with E-state index in [-0.39, 0.29) is 6.20 Å². The number of hydrogen-bond donors (Lipinski definition) is 0. The summed E-state index contributed by atoms with van der Waals surface area (Å²) in [5, 5.41) is 0. The van der Waals surface area contributed by atoms with Crippen LogP contribution in [0.5, 0.6) is 5.75 Å². The summed E-state index contributed by atoms with van der Waals surface area (Å²) >= 11 is 0. The summed E-state index contributed by atoms with van der Waals surface area (Å²) in [6, 6.07) is 0. The molecule has 0 fully saturated rings. The van der Waals surface area contributed by atoms with Crippen molar-refractivity contribution in [3.63, 3.8) is 0 Å². The topological polar surface area (TPSA) is 48.4 Å². The highest BCUT2D eigenvalue weighted by atomic mass is 19.4. The molecule has 0 saturated heterocycles. The van der Waals surface area contributed by atoms with Crippen LogP contribution in [0.3, 0.4) is 0 Å². The van der Waals surface area contributed by atoms with Crippen LogP contribution in [0.4, 0.5) is 22.0 Å². The van der Waals surface area contributed by atoms with E-state index in [1.807, 2.05) is 0 Å².